The second-order valence-electron chi connectivity index (χ2n) is 4.03. The van der Waals surface area contributed by atoms with E-state index in [-0.39, 0.29) is 6.54 Å². The van der Waals surface area contributed by atoms with Crippen LogP contribution in [-0.2, 0) is 9.59 Å². The van der Waals surface area contributed by atoms with Gasteiger partial charge in [-0.1, -0.05) is 0 Å². The molecule has 0 fully saturated rings. The molecular formula is C11H16N4O4. The molecule has 1 amide bonds. The van der Waals surface area contributed by atoms with Gasteiger partial charge in [0.05, 0.1) is 12.6 Å². The molecular weight excluding hydrogens is 252 g/mol. The lowest BCUT2D eigenvalue weighted by Gasteiger charge is -2.20. The number of carbonyl (C=O) groups is 2. The first-order chi connectivity index (χ1) is 8.91. The molecule has 19 heavy (non-hydrogen) atoms. The minimum Gasteiger partial charge on any atom is -0.480 e. The molecule has 0 radical (unpaired) electrons. The number of carboxylic acid groups (broad SMARTS) is 1. The summed E-state index contributed by atoms with van der Waals surface area (Å²) in [7, 11) is 1.60. The fourth-order valence-electron chi connectivity index (χ4n) is 1.38. The number of aromatic nitrogens is 2. The van der Waals surface area contributed by atoms with Crippen molar-refractivity contribution in [3.05, 3.63) is 18.5 Å². The molecule has 0 unspecified atom stereocenters. The first-order valence-electron chi connectivity index (χ1n) is 5.60. The van der Waals surface area contributed by atoms with Gasteiger partial charge in [0, 0.05) is 19.4 Å². The molecule has 0 aliphatic rings. The number of anilines is 1. The Morgan fingerprint density at radius 2 is 2.00 bits per heavy atom. The zero-order valence-electron chi connectivity index (χ0n) is 10.6. The fourth-order valence-corrected chi connectivity index (χ4v) is 1.38. The average Bonchev–Trinajstić information content (AvgIpc) is 2.36. The van der Waals surface area contributed by atoms with Gasteiger partial charge in [-0.3, -0.25) is 4.79 Å². The van der Waals surface area contributed by atoms with Gasteiger partial charge in [-0.2, -0.15) is 0 Å². The molecule has 3 N–H and O–H groups in total. The Morgan fingerprint density at radius 3 is 2.47 bits per heavy atom. The standard InChI is InChI=1S/C11H16N4O4/c1-7(16)9(10(18)19)14-8(17)6-15(2)11-12-4-3-5-13-11/h3-5,7,9,16H,6H2,1-2H3,(H,14,17)(H,18,19)/t7-,9+/m1/s1. The molecule has 104 valence electrons. The van der Waals surface area contributed by atoms with Gasteiger partial charge in [0.2, 0.25) is 11.9 Å². The fraction of sp³-hybridized carbons (Fsp3) is 0.455. The number of nitrogens with zero attached hydrogens (tertiary/aromatic N) is 3. The summed E-state index contributed by atoms with van der Waals surface area (Å²) in [6.07, 6.45) is 1.89. The van der Waals surface area contributed by atoms with E-state index in [1.54, 1.807) is 13.1 Å². The van der Waals surface area contributed by atoms with Crippen LogP contribution in [0.25, 0.3) is 0 Å². The molecule has 2 atom stereocenters. The highest BCUT2D eigenvalue weighted by molar-refractivity contribution is 5.86. The number of hydrogen-bond donors (Lipinski definition) is 3. The topological polar surface area (TPSA) is 116 Å². The molecule has 1 rings (SSSR count). The van der Waals surface area contributed by atoms with E-state index in [1.165, 1.54) is 24.2 Å². The Bertz CT molecular complexity index is 438. The first-order valence-corrected chi connectivity index (χ1v) is 5.60. The van der Waals surface area contributed by atoms with Gasteiger partial charge in [0.1, 0.15) is 0 Å². The molecule has 0 aliphatic carbocycles. The van der Waals surface area contributed by atoms with Gasteiger partial charge in [-0.15, -0.1) is 0 Å². The van der Waals surface area contributed by atoms with Crippen LogP contribution in [0.1, 0.15) is 6.92 Å². The summed E-state index contributed by atoms with van der Waals surface area (Å²) in [5, 5.41) is 20.3. The normalized spacial score (nSPS) is 13.4. The van der Waals surface area contributed by atoms with Crippen molar-refractivity contribution < 1.29 is 19.8 Å². The van der Waals surface area contributed by atoms with Gasteiger partial charge in [-0.05, 0) is 13.0 Å². The molecule has 1 aromatic heterocycles. The molecule has 0 aliphatic heterocycles. The van der Waals surface area contributed by atoms with E-state index < -0.39 is 24.0 Å². The van der Waals surface area contributed by atoms with Gasteiger partial charge in [0.15, 0.2) is 6.04 Å². The molecule has 0 saturated heterocycles. The first kappa shape index (κ1) is 14.8. The van der Waals surface area contributed by atoms with Gasteiger partial charge < -0.3 is 20.4 Å². The number of carboxylic acids is 1. The Balaban J connectivity index is 2.58. The summed E-state index contributed by atoms with van der Waals surface area (Å²) >= 11 is 0. The summed E-state index contributed by atoms with van der Waals surface area (Å²) in [4.78, 5) is 31.9. The number of hydrogen-bond acceptors (Lipinski definition) is 6. The van der Waals surface area contributed by atoms with E-state index in [9.17, 15) is 14.7 Å². The minimum atomic E-state index is -1.34. The van der Waals surface area contributed by atoms with E-state index in [2.05, 4.69) is 15.3 Å². The Morgan fingerprint density at radius 1 is 1.42 bits per heavy atom. The monoisotopic (exact) mass is 268 g/mol. The summed E-state index contributed by atoms with van der Waals surface area (Å²) in [5.41, 5.74) is 0. The third-order valence-electron chi connectivity index (χ3n) is 2.34. The van der Waals surface area contributed by atoms with Gasteiger partial charge >= 0.3 is 5.97 Å². The van der Waals surface area contributed by atoms with E-state index in [1.807, 2.05) is 0 Å². The molecule has 0 spiro atoms. The average molecular weight is 268 g/mol. The third-order valence-corrected chi connectivity index (χ3v) is 2.34. The molecule has 0 saturated carbocycles. The lowest BCUT2D eigenvalue weighted by Crippen LogP contribution is -2.50. The predicted octanol–water partition coefficient (Wildman–Crippen LogP) is -1.14. The maximum atomic E-state index is 11.7. The largest absolute Gasteiger partial charge is 0.480 e. The zero-order valence-corrected chi connectivity index (χ0v) is 10.6. The zero-order chi connectivity index (χ0) is 14.4. The van der Waals surface area contributed by atoms with Crippen LogP contribution in [0.4, 0.5) is 5.95 Å². The van der Waals surface area contributed by atoms with Crippen LogP contribution >= 0.6 is 0 Å². The Hall–Kier alpha value is -2.22. The van der Waals surface area contributed by atoms with E-state index >= 15 is 0 Å². The van der Waals surface area contributed by atoms with Crippen LogP contribution in [0.2, 0.25) is 0 Å². The molecule has 0 aromatic carbocycles. The van der Waals surface area contributed by atoms with Crippen LogP contribution in [0.3, 0.4) is 0 Å². The smallest absolute Gasteiger partial charge is 0.328 e. The number of likely N-dealkylation sites (N-methyl/N-ethyl adjacent to an activating group) is 1. The molecule has 1 aromatic rings. The molecule has 8 nitrogen and oxygen atoms in total. The SMILES string of the molecule is C[C@@H](O)[C@H](NC(=O)CN(C)c1ncccn1)C(=O)O. The maximum Gasteiger partial charge on any atom is 0.328 e. The summed E-state index contributed by atoms with van der Waals surface area (Å²) in [6, 6.07) is 0.309. The van der Waals surface area contributed by atoms with E-state index in [0.29, 0.717) is 5.95 Å². The third kappa shape index (κ3) is 4.51. The highest BCUT2D eigenvalue weighted by Crippen LogP contribution is 2.01. The van der Waals surface area contributed by atoms with Crippen molar-refractivity contribution >= 4 is 17.8 Å². The van der Waals surface area contributed by atoms with Crippen molar-refractivity contribution in [1.29, 1.82) is 0 Å². The van der Waals surface area contributed by atoms with Crippen LogP contribution in [0.15, 0.2) is 18.5 Å². The van der Waals surface area contributed by atoms with Crippen molar-refractivity contribution in [2.24, 2.45) is 0 Å². The van der Waals surface area contributed by atoms with Crippen LogP contribution in [-0.4, -0.2) is 57.8 Å². The minimum absolute atomic E-state index is 0.111. The number of rotatable bonds is 6. The number of aliphatic hydroxyl groups is 1. The van der Waals surface area contributed by atoms with Crippen LogP contribution in [0.5, 0.6) is 0 Å². The van der Waals surface area contributed by atoms with Crippen molar-refractivity contribution in [1.82, 2.24) is 15.3 Å². The van der Waals surface area contributed by atoms with Crippen molar-refractivity contribution in [2.45, 2.75) is 19.1 Å². The lowest BCUT2D eigenvalue weighted by atomic mass is 10.2. The van der Waals surface area contributed by atoms with Crippen LogP contribution < -0.4 is 10.2 Å². The number of carbonyl (C=O) groups excluding carboxylic acids is 1. The highest BCUT2D eigenvalue weighted by Gasteiger charge is 2.25. The van der Waals surface area contributed by atoms with Crippen molar-refractivity contribution in [2.75, 3.05) is 18.5 Å². The Labute approximate surface area is 110 Å². The second-order valence-corrected chi connectivity index (χ2v) is 4.03. The van der Waals surface area contributed by atoms with Gasteiger partial charge in [-0.25, -0.2) is 14.8 Å². The lowest BCUT2D eigenvalue weighted by molar-refractivity contribution is -0.144. The Kier molecular flexibility index (Phi) is 5.19. The molecule has 1 heterocycles. The summed E-state index contributed by atoms with van der Waals surface area (Å²) < 4.78 is 0. The quantitative estimate of drug-likeness (QED) is 0.597. The van der Waals surface area contributed by atoms with Crippen molar-refractivity contribution in [3.63, 3.8) is 0 Å². The molecule has 0 bridgehead atoms. The maximum absolute atomic E-state index is 11.7. The van der Waals surface area contributed by atoms with Crippen molar-refractivity contribution in [3.8, 4) is 0 Å². The van der Waals surface area contributed by atoms with E-state index in [0.717, 1.165) is 0 Å². The highest BCUT2D eigenvalue weighted by atomic mass is 16.4. The van der Waals surface area contributed by atoms with Crippen LogP contribution in [0, 0.1) is 0 Å². The summed E-state index contributed by atoms with van der Waals surface area (Å²) in [5.74, 6) is -1.48. The summed E-state index contributed by atoms with van der Waals surface area (Å²) in [6.45, 7) is 1.18. The van der Waals surface area contributed by atoms with Gasteiger partial charge in [0.25, 0.3) is 0 Å². The number of aliphatic hydroxyl groups excluding tert-OH is 1. The van der Waals surface area contributed by atoms with E-state index in [4.69, 9.17) is 5.11 Å². The second kappa shape index (κ2) is 6.64. The number of aliphatic carboxylic acids is 1. The number of nitrogens with one attached hydrogen (secondary N) is 1. The predicted molar refractivity (Wildman–Crippen MR) is 66.5 cm³/mol. The molecule has 8 heteroatoms. The number of amides is 1.